The van der Waals surface area contributed by atoms with Gasteiger partial charge in [-0.05, 0) is 0 Å². The van der Waals surface area contributed by atoms with Gasteiger partial charge in [-0.3, -0.25) is 0 Å². The number of rotatable bonds is 11. The molecule has 0 unspecified atom stereocenters. The minimum absolute atomic E-state index is 0.727. The molecule has 0 saturated heterocycles. The van der Waals surface area contributed by atoms with E-state index >= 15 is 0 Å². The molecule has 0 atom stereocenters. The van der Waals surface area contributed by atoms with Crippen LogP contribution >= 0.6 is 0 Å². The zero-order valence-electron chi connectivity index (χ0n) is 13.0. The Balaban J connectivity index is 3.65. The molecule has 0 saturated carbocycles. The van der Waals surface area contributed by atoms with Crippen LogP contribution in [0.2, 0.25) is 12.5 Å². The Morgan fingerprint density at radius 1 is 0.882 bits per heavy atom. The fraction of sp³-hybridized carbons (Fsp3) is 1.00. The van der Waals surface area contributed by atoms with Crippen molar-refractivity contribution in [1.82, 2.24) is 4.90 Å². The van der Waals surface area contributed by atoms with Crippen LogP contribution in [0.15, 0.2) is 0 Å². The molecular formula is C15H34InN. The summed E-state index contributed by atoms with van der Waals surface area (Å²) in [7, 11) is 0. The first kappa shape index (κ1) is 17.8. The molecule has 0 fully saturated rings. The van der Waals surface area contributed by atoms with Crippen molar-refractivity contribution < 1.29 is 0 Å². The van der Waals surface area contributed by atoms with E-state index in [4.69, 9.17) is 0 Å². The summed E-state index contributed by atoms with van der Waals surface area (Å²) in [5, 5.41) is 0. The maximum atomic E-state index is 2.60. The van der Waals surface area contributed by atoms with E-state index in [1.807, 2.05) is 0 Å². The summed E-state index contributed by atoms with van der Waals surface area (Å²) in [6, 6.07) is 0.727. The van der Waals surface area contributed by atoms with Gasteiger partial charge in [0, 0.05) is 0 Å². The Morgan fingerprint density at radius 3 is 1.88 bits per heavy atom. The zero-order valence-corrected chi connectivity index (χ0v) is 16.3. The van der Waals surface area contributed by atoms with Gasteiger partial charge in [0.05, 0.1) is 0 Å². The van der Waals surface area contributed by atoms with Crippen molar-refractivity contribution in [3.8, 4) is 0 Å². The third-order valence-corrected chi connectivity index (χ3v) is 15.3. The molecule has 0 heterocycles. The van der Waals surface area contributed by atoms with Crippen LogP contribution in [0.5, 0.6) is 0 Å². The summed E-state index contributed by atoms with van der Waals surface area (Å²) in [6.07, 6.45) is 5.86. The molecule has 0 N–H and O–H groups in total. The first-order valence-electron chi connectivity index (χ1n) is 7.89. The van der Waals surface area contributed by atoms with Gasteiger partial charge in [-0.15, -0.1) is 0 Å². The first-order chi connectivity index (χ1) is 8.15. The van der Waals surface area contributed by atoms with Crippen LogP contribution < -0.4 is 0 Å². The predicted molar refractivity (Wildman–Crippen MR) is 82.4 cm³/mol. The van der Waals surface area contributed by atoms with E-state index < -0.39 is 21.4 Å². The van der Waals surface area contributed by atoms with Crippen molar-refractivity contribution in [3.05, 3.63) is 0 Å². The Hall–Kier alpha value is 0.830. The van der Waals surface area contributed by atoms with Crippen molar-refractivity contribution in [2.24, 2.45) is 0 Å². The molecule has 102 valence electrons. The van der Waals surface area contributed by atoms with Gasteiger partial charge in [0.25, 0.3) is 0 Å². The van der Waals surface area contributed by atoms with Crippen LogP contribution in [0, 0.1) is 0 Å². The monoisotopic (exact) mass is 343 g/mol. The number of hydrogen-bond acceptors (Lipinski definition) is 1. The average Bonchev–Trinajstić information content (AvgIpc) is 2.29. The summed E-state index contributed by atoms with van der Waals surface area (Å²) >= 11 is -1.04. The van der Waals surface area contributed by atoms with Gasteiger partial charge in [0.15, 0.2) is 0 Å². The fourth-order valence-electron chi connectivity index (χ4n) is 2.78. The molecule has 0 aromatic heterocycles. The Kier molecular flexibility index (Phi) is 12.5. The second kappa shape index (κ2) is 11.9. The summed E-state index contributed by atoms with van der Waals surface area (Å²) in [5.41, 5.74) is 0. The number of nitrogens with zero attached hydrogens (tertiary/aromatic N) is 1. The SMILES string of the molecule is CC[CH2][In]([CH2]CC)[CH2]CCCN(CC)C(C)C. The summed E-state index contributed by atoms with van der Waals surface area (Å²) in [4.78, 5) is 2.60. The third kappa shape index (κ3) is 9.41. The molecule has 0 aliphatic heterocycles. The van der Waals surface area contributed by atoms with Crippen LogP contribution in [0.3, 0.4) is 0 Å². The Bertz CT molecular complexity index is 153. The van der Waals surface area contributed by atoms with Gasteiger partial charge in [0.1, 0.15) is 0 Å². The van der Waals surface area contributed by atoms with Crippen LogP contribution in [0.25, 0.3) is 0 Å². The van der Waals surface area contributed by atoms with Crippen LogP contribution in [0.1, 0.15) is 60.3 Å². The molecule has 0 rings (SSSR count). The van der Waals surface area contributed by atoms with Crippen molar-refractivity contribution >= 4 is 21.4 Å². The molecule has 0 aromatic rings. The van der Waals surface area contributed by atoms with Crippen LogP contribution in [-0.2, 0) is 0 Å². The summed E-state index contributed by atoms with van der Waals surface area (Å²) in [6.45, 7) is 14.2. The molecule has 0 aromatic carbocycles. The normalized spacial score (nSPS) is 11.5. The molecule has 0 spiro atoms. The predicted octanol–water partition coefficient (Wildman–Crippen LogP) is 4.81. The third-order valence-electron chi connectivity index (χ3n) is 3.84. The second-order valence-corrected chi connectivity index (χ2v) is 15.5. The number of hydrogen-bond donors (Lipinski definition) is 0. The summed E-state index contributed by atoms with van der Waals surface area (Å²) < 4.78 is 4.97. The van der Waals surface area contributed by atoms with E-state index in [1.165, 1.54) is 38.8 Å². The minimum atomic E-state index is -1.04. The van der Waals surface area contributed by atoms with Crippen molar-refractivity contribution in [2.75, 3.05) is 13.1 Å². The van der Waals surface area contributed by atoms with Crippen LogP contribution in [-0.4, -0.2) is 45.5 Å². The number of unbranched alkanes of at least 4 members (excludes halogenated alkanes) is 1. The van der Waals surface area contributed by atoms with Gasteiger partial charge in [-0.1, -0.05) is 0 Å². The van der Waals surface area contributed by atoms with E-state index in [9.17, 15) is 0 Å². The molecule has 0 aliphatic carbocycles. The molecule has 0 radical (unpaired) electrons. The van der Waals surface area contributed by atoms with E-state index in [2.05, 4.69) is 39.5 Å². The van der Waals surface area contributed by atoms with Gasteiger partial charge < -0.3 is 0 Å². The van der Waals surface area contributed by atoms with E-state index in [0.29, 0.717) is 0 Å². The average molecular weight is 343 g/mol. The van der Waals surface area contributed by atoms with Crippen molar-refractivity contribution in [1.29, 1.82) is 0 Å². The van der Waals surface area contributed by atoms with Crippen molar-refractivity contribution in [2.45, 2.75) is 78.9 Å². The fourth-order valence-corrected chi connectivity index (χ4v) is 12.4. The quantitative estimate of drug-likeness (QED) is 0.487. The molecule has 0 aliphatic rings. The molecular weight excluding hydrogens is 309 g/mol. The maximum absolute atomic E-state index is 2.60. The van der Waals surface area contributed by atoms with Gasteiger partial charge in [-0.2, -0.15) is 0 Å². The molecule has 0 amide bonds. The van der Waals surface area contributed by atoms with Crippen molar-refractivity contribution in [3.63, 3.8) is 0 Å². The van der Waals surface area contributed by atoms with Gasteiger partial charge >= 0.3 is 118 Å². The summed E-state index contributed by atoms with van der Waals surface area (Å²) in [5.74, 6) is 0. The van der Waals surface area contributed by atoms with E-state index in [-0.39, 0.29) is 0 Å². The van der Waals surface area contributed by atoms with Gasteiger partial charge in [0.2, 0.25) is 0 Å². The van der Waals surface area contributed by atoms with E-state index in [1.54, 1.807) is 12.5 Å². The molecule has 0 bridgehead atoms. The van der Waals surface area contributed by atoms with Crippen LogP contribution in [0.4, 0.5) is 0 Å². The Morgan fingerprint density at radius 2 is 1.47 bits per heavy atom. The standard InChI is InChI=1S/C9H20N.2C3H7.In/c1-5-7-8-10(6-2)9(3)4;2*1-3-2;/h9H,1,5-8H2,2-4H3;2*1,3H2,2H3;. The molecule has 17 heavy (non-hydrogen) atoms. The van der Waals surface area contributed by atoms with E-state index in [0.717, 1.165) is 6.04 Å². The molecule has 1 nitrogen and oxygen atoms in total. The Labute approximate surface area is 118 Å². The zero-order chi connectivity index (χ0) is 13.1. The topological polar surface area (TPSA) is 3.24 Å². The first-order valence-corrected chi connectivity index (χ1v) is 14.9. The second-order valence-electron chi connectivity index (χ2n) is 5.66. The van der Waals surface area contributed by atoms with Gasteiger partial charge in [-0.25, -0.2) is 0 Å². The molecule has 2 heteroatoms.